The van der Waals surface area contributed by atoms with Crippen molar-refractivity contribution in [3.63, 3.8) is 0 Å². The minimum absolute atomic E-state index is 0.690. The normalized spacial score (nSPS) is 11.2. The van der Waals surface area contributed by atoms with Gasteiger partial charge in [-0.25, -0.2) is 19.9 Å². The van der Waals surface area contributed by atoms with E-state index in [2.05, 4.69) is 338 Å². The highest BCUT2D eigenvalue weighted by Crippen LogP contribution is 2.37. The first kappa shape index (κ1) is 60.3. The van der Waals surface area contributed by atoms with E-state index in [9.17, 15) is 0 Å². The predicted octanol–water partition coefficient (Wildman–Crippen LogP) is 24.4. The van der Waals surface area contributed by atoms with Crippen LogP contribution >= 0.6 is 0 Å². The lowest BCUT2D eigenvalue weighted by Gasteiger charge is -2.12. The molecule has 0 bridgehead atoms. The number of hydrogen-bond acceptors (Lipinski definition) is 6. The highest BCUT2D eigenvalue weighted by atomic mass is 14.9. The van der Waals surface area contributed by atoms with Gasteiger partial charge in [-0.1, -0.05) is 309 Å². The van der Waals surface area contributed by atoms with Gasteiger partial charge in [0.25, 0.3) is 0 Å². The third-order valence-corrected chi connectivity index (χ3v) is 18.7. The van der Waals surface area contributed by atoms with E-state index in [4.69, 9.17) is 19.9 Å². The van der Waals surface area contributed by atoms with Gasteiger partial charge >= 0.3 is 0 Å². The summed E-state index contributed by atoms with van der Waals surface area (Å²) < 4.78 is 0. The van der Waals surface area contributed by atoms with Crippen LogP contribution in [0.15, 0.2) is 377 Å². The van der Waals surface area contributed by atoms with Gasteiger partial charge in [0.15, 0.2) is 11.6 Å². The van der Waals surface area contributed by atoms with Crippen LogP contribution in [0.25, 0.3) is 178 Å². The number of pyridine rings is 2. The van der Waals surface area contributed by atoms with E-state index >= 15 is 0 Å². The van der Waals surface area contributed by atoms with Crippen molar-refractivity contribution >= 4 is 43.2 Å². The molecule has 6 heteroatoms. The molecule has 468 valence electrons. The maximum Gasteiger partial charge on any atom is 0.160 e. The molecule has 18 aromatic rings. The van der Waals surface area contributed by atoms with Crippen LogP contribution in [-0.2, 0) is 0 Å². The third-order valence-electron chi connectivity index (χ3n) is 18.7. The topological polar surface area (TPSA) is 77.3 Å². The van der Waals surface area contributed by atoms with Gasteiger partial charge in [0.2, 0.25) is 0 Å². The molecule has 0 aliphatic heterocycles. The summed E-state index contributed by atoms with van der Waals surface area (Å²) in [6.45, 7) is 0. The van der Waals surface area contributed by atoms with E-state index in [1.807, 2.05) is 42.7 Å². The maximum atomic E-state index is 5.17. The fraction of sp³-hybridized carbons (Fsp3) is 0. The fourth-order valence-corrected chi connectivity index (χ4v) is 13.3. The smallest absolute Gasteiger partial charge is 0.160 e. The van der Waals surface area contributed by atoms with Crippen molar-refractivity contribution in [2.45, 2.75) is 0 Å². The third kappa shape index (κ3) is 12.7. The molecule has 0 N–H and O–H groups in total. The fourth-order valence-electron chi connectivity index (χ4n) is 13.3. The van der Waals surface area contributed by atoms with Gasteiger partial charge in [-0.05, 0) is 142 Å². The van der Waals surface area contributed by atoms with Crippen LogP contribution in [0.4, 0.5) is 0 Å². The van der Waals surface area contributed by atoms with Gasteiger partial charge in [0.05, 0.1) is 28.3 Å². The first-order valence-electron chi connectivity index (χ1n) is 33.7. The van der Waals surface area contributed by atoms with Gasteiger partial charge < -0.3 is 0 Å². The molecule has 100 heavy (non-hydrogen) atoms. The quantitative estimate of drug-likeness (QED) is 0.121. The molecule has 4 aromatic heterocycles. The summed E-state index contributed by atoms with van der Waals surface area (Å²) in [7, 11) is 0. The molecule has 0 spiro atoms. The number of hydrogen-bond donors (Lipinski definition) is 0. The number of benzene rings is 14. The summed E-state index contributed by atoms with van der Waals surface area (Å²) in [5.74, 6) is 1.38. The van der Waals surface area contributed by atoms with Crippen molar-refractivity contribution < 1.29 is 0 Å². The minimum atomic E-state index is 0.690. The molecule has 0 aliphatic carbocycles. The monoisotopic (exact) mass is 1270 g/mol. The number of rotatable bonds is 12. The van der Waals surface area contributed by atoms with Crippen molar-refractivity contribution in [3.8, 4) is 135 Å². The lowest BCUT2D eigenvalue weighted by atomic mass is 9.97. The predicted molar refractivity (Wildman–Crippen MR) is 415 cm³/mol. The number of fused-ring (bicyclic) bond motifs is 4. The molecule has 0 aliphatic rings. The average Bonchev–Trinajstić information content (AvgIpc) is 0.801. The average molecular weight is 1280 g/mol. The molecule has 0 radical (unpaired) electrons. The first-order valence-corrected chi connectivity index (χ1v) is 33.7. The Bertz CT molecular complexity index is 5970. The van der Waals surface area contributed by atoms with Gasteiger partial charge in [-0.3, -0.25) is 9.97 Å². The van der Waals surface area contributed by atoms with E-state index in [0.717, 1.165) is 106 Å². The standard InChI is InChI=1S/2C47H31N3/c1-3-9-38-27-41(24-18-32(38)7-1)34-16-22-37(23-17-34)47-49-45(36-20-14-35(15-21-36)44-13-6-26-48-31-44)30-46(50-47)43-12-5-11-40(29-43)42-25-19-33-8-2-4-10-39(33)28-42;1-2-9-32(10-3-1)33-17-23-37(24-18-33)45-30-46(38-25-19-34(20-26-38)41-29-40-12-5-7-16-44(40)48-31-41)50-47(49-45)39-27-21-36(22-28-39)43-15-8-13-35-11-4-6-14-42(35)43/h2*1-31H. The van der Waals surface area contributed by atoms with Crippen LogP contribution in [0, 0.1) is 0 Å². The van der Waals surface area contributed by atoms with Crippen LogP contribution in [-0.4, -0.2) is 29.9 Å². The Balaban J connectivity index is 0.000000150. The Kier molecular flexibility index (Phi) is 16.3. The summed E-state index contributed by atoms with van der Waals surface area (Å²) in [6.07, 6.45) is 5.63. The minimum Gasteiger partial charge on any atom is -0.264 e. The molecule has 0 atom stereocenters. The molecule has 4 heterocycles. The zero-order valence-electron chi connectivity index (χ0n) is 54.5. The number of nitrogens with zero attached hydrogens (tertiary/aromatic N) is 6. The Morgan fingerprint density at radius 2 is 0.550 bits per heavy atom. The summed E-state index contributed by atoms with van der Waals surface area (Å²) in [6, 6.07) is 126. The molecule has 6 nitrogen and oxygen atoms in total. The van der Waals surface area contributed by atoms with Gasteiger partial charge in [0.1, 0.15) is 0 Å². The Morgan fingerprint density at radius 1 is 0.180 bits per heavy atom. The van der Waals surface area contributed by atoms with Gasteiger partial charge in [-0.2, -0.15) is 0 Å². The van der Waals surface area contributed by atoms with Crippen molar-refractivity contribution in [2.24, 2.45) is 0 Å². The van der Waals surface area contributed by atoms with E-state index in [1.165, 1.54) is 60.1 Å². The zero-order valence-corrected chi connectivity index (χ0v) is 54.5. The molecule has 0 unspecified atom stereocenters. The first-order chi connectivity index (χ1) is 49.5. The Labute approximate surface area is 580 Å². The van der Waals surface area contributed by atoms with Crippen LogP contribution in [0.3, 0.4) is 0 Å². The van der Waals surface area contributed by atoms with E-state index in [-0.39, 0.29) is 0 Å². The number of aromatic nitrogens is 6. The van der Waals surface area contributed by atoms with Crippen molar-refractivity contribution in [1.29, 1.82) is 0 Å². The second kappa shape index (κ2) is 27.0. The van der Waals surface area contributed by atoms with Gasteiger partial charge in [0, 0.05) is 62.9 Å². The summed E-state index contributed by atoms with van der Waals surface area (Å²) in [4.78, 5) is 29.5. The lowest BCUT2D eigenvalue weighted by Crippen LogP contribution is -1.96. The highest BCUT2D eigenvalue weighted by Gasteiger charge is 2.16. The second-order valence-corrected chi connectivity index (χ2v) is 25.1. The van der Waals surface area contributed by atoms with E-state index in [0.29, 0.717) is 11.6 Å². The summed E-state index contributed by atoms with van der Waals surface area (Å²) in [5.41, 5.74) is 24.4. The molecule has 0 fully saturated rings. The molecule has 14 aromatic carbocycles. The molecule has 18 rings (SSSR count). The van der Waals surface area contributed by atoms with Crippen LogP contribution in [0.5, 0.6) is 0 Å². The molecule has 0 saturated carbocycles. The largest absolute Gasteiger partial charge is 0.264 e. The molecule has 0 amide bonds. The van der Waals surface area contributed by atoms with Crippen LogP contribution < -0.4 is 0 Å². The molecular formula is C94H62N6. The lowest BCUT2D eigenvalue weighted by molar-refractivity contribution is 1.18. The molecular weight excluding hydrogens is 1210 g/mol. The highest BCUT2D eigenvalue weighted by molar-refractivity contribution is 5.97. The van der Waals surface area contributed by atoms with E-state index < -0.39 is 0 Å². The van der Waals surface area contributed by atoms with Crippen molar-refractivity contribution in [1.82, 2.24) is 29.9 Å². The van der Waals surface area contributed by atoms with E-state index in [1.54, 1.807) is 6.20 Å². The van der Waals surface area contributed by atoms with Gasteiger partial charge in [-0.15, -0.1) is 0 Å². The maximum absolute atomic E-state index is 5.17. The Hall–Kier alpha value is -13.4. The number of para-hydroxylation sites is 1. The van der Waals surface area contributed by atoms with Crippen LogP contribution in [0.1, 0.15) is 0 Å². The Morgan fingerprint density at radius 3 is 1.13 bits per heavy atom. The zero-order chi connectivity index (χ0) is 66.6. The second-order valence-electron chi connectivity index (χ2n) is 25.1. The van der Waals surface area contributed by atoms with Crippen molar-refractivity contribution in [2.75, 3.05) is 0 Å². The molecule has 0 saturated heterocycles. The SMILES string of the molecule is c1ccc(-c2ccc(-c3cc(-c4ccc(-c5cnc6ccccc6c5)cc4)nc(-c4ccc(-c5cccc6ccccc56)cc4)n3)cc2)cc1.c1cncc(-c2ccc(-c3cc(-c4cccc(-c5ccc6ccccc6c5)c4)nc(-c4ccc(-c5ccc6ccccc6c5)cc4)n3)cc2)c1. The summed E-state index contributed by atoms with van der Waals surface area (Å²) in [5, 5.41) is 8.53. The van der Waals surface area contributed by atoms with Crippen LogP contribution in [0.2, 0.25) is 0 Å². The van der Waals surface area contributed by atoms with Crippen molar-refractivity contribution in [3.05, 3.63) is 377 Å². The summed E-state index contributed by atoms with van der Waals surface area (Å²) >= 11 is 0.